The first-order valence-electron chi connectivity index (χ1n) is 6.97. The van der Waals surface area contributed by atoms with E-state index in [1.807, 2.05) is 12.1 Å². The number of rotatable bonds is 5. The van der Waals surface area contributed by atoms with E-state index in [1.54, 1.807) is 19.1 Å². The maximum atomic E-state index is 12.4. The van der Waals surface area contributed by atoms with Crippen molar-refractivity contribution in [3.63, 3.8) is 0 Å². The lowest BCUT2D eigenvalue weighted by Gasteiger charge is -2.15. The Bertz CT molecular complexity index is 707. The van der Waals surface area contributed by atoms with Gasteiger partial charge in [-0.15, -0.1) is 0 Å². The van der Waals surface area contributed by atoms with E-state index in [0.29, 0.717) is 10.0 Å². The van der Waals surface area contributed by atoms with Crippen molar-refractivity contribution in [2.24, 2.45) is 0 Å². The van der Waals surface area contributed by atoms with Gasteiger partial charge in [0.1, 0.15) is 0 Å². The average molecular weight is 375 g/mol. The molecule has 24 heavy (non-hydrogen) atoms. The molecule has 1 amide bonds. The number of amides is 1. The third kappa shape index (κ3) is 5.14. The monoisotopic (exact) mass is 374 g/mol. The minimum Gasteiger partial charge on any atom is -0.349 e. The van der Waals surface area contributed by atoms with E-state index < -0.39 is 11.7 Å². The average Bonchev–Trinajstić information content (AvgIpc) is 2.53. The summed E-state index contributed by atoms with van der Waals surface area (Å²) in [5, 5.41) is 3.70. The number of benzene rings is 1. The molecule has 0 aliphatic carbocycles. The third-order valence-corrected chi connectivity index (χ3v) is 4.45. The number of nitrogens with zero attached hydrogens (tertiary/aromatic N) is 1. The van der Waals surface area contributed by atoms with E-state index in [0.717, 1.165) is 29.6 Å². The van der Waals surface area contributed by atoms with E-state index in [1.165, 1.54) is 6.07 Å². The maximum Gasteiger partial charge on any atom is 0.417 e. The quantitative estimate of drug-likeness (QED) is 0.770. The second kappa shape index (κ2) is 7.90. The van der Waals surface area contributed by atoms with Crippen LogP contribution in [-0.2, 0) is 11.0 Å². The fraction of sp³-hybridized carbons (Fsp3) is 0.250. The topological polar surface area (TPSA) is 42.0 Å². The van der Waals surface area contributed by atoms with Crippen molar-refractivity contribution in [1.29, 1.82) is 0 Å². The van der Waals surface area contributed by atoms with Gasteiger partial charge in [0, 0.05) is 11.2 Å². The second-order valence-corrected chi connectivity index (χ2v) is 6.39. The van der Waals surface area contributed by atoms with Crippen LogP contribution in [0.25, 0.3) is 0 Å². The second-order valence-electron chi connectivity index (χ2n) is 4.98. The zero-order valence-electron chi connectivity index (χ0n) is 12.6. The summed E-state index contributed by atoms with van der Waals surface area (Å²) in [5.41, 5.74) is -0.0196. The predicted molar refractivity (Wildman–Crippen MR) is 88.0 cm³/mol. The molecule has 0 saturated carbocycles. The molecule has 0 spiro atoms. The van der Waals surface area contributed by atoms with E-state index in [-0.39, 0.29) is 17.7 Å². The predicted octanol–water partition coefficient (Wildman–Crippen LogP) is 4.72. The van der Waals surface area contributed by atoms with Gasteiger partial charge in [-0.2, -0.15) is 13.2 Å². The summed E-state index contributed by atoms with van der Waals surface area (Å²) in [7, 11) is 0. The van der Waals surface area contributed by atoms with Gasteiger partial charge in [0.15, 0.2) is 0 Å². The fourth-order valence-electron chi connectivity index (χ4n) is 1.96. The molecular formula is C16H14ClF3N2OS. The Morgan fingerprint density at radius 3 is 2.58 bits per heavy atom. The minimum atomic E-state index is -4.42. The molecular weight excluding hydrogens is 361 g/mol. The number of hydrogen-bond acceptors (Lipinski definition) is 3. The summed E-state index contributed by atoms with van der Waals surface area (Å²) >= 11 is 7.13. The van der Waals surface area contributed by atoms with Crippen molar-refractivity contribution in [3.8, 4) is 0 Å². The summed E-state index contributed by atoms with van der Waals surface area (Å²) in [6, 6.07) is 9.10. The van der Waals surface area contributed by atoms with E-state index in [2.05, 4.69) is 10.3 Å². The Morgan fingerprint density at radius 2 is 2.00 bits per heavy atom. The summed E-state index contributed by atoms with van der Waals surface area (Å²) in [6.45, 7) is 1.81. The number of hydrogen-bond donors (Lipinski definition) is 1. The molecule has 1 heterocycles. The Kier molecular flexibility index (Phi) is 6.12. The molecule has 128 valence electrons. The fourth-order valence-corrected chi connectivity index (χ4v) is 2.91. The van der Waals surface area contributed by atoms with Gasteiger partial charge < -0.3 is 5.32 Å². The summed E-state index contributed by atoms with van der Waals surface area (Å²) in [4.78, 5) is 15.7. The molecule has 1 unspecified atom stereocenters. The molecule has 1 atom stereocenters. The highest BCUT2D eigenvalue weighted by Crippen LogP contribution is 2.29. The number of pyridine rings is 1. The lowest BCUT2D eigenvalue weighted by Crippen LogP contribution is -2.28. The van der Waals surface area contributed by atoms with Gasteiger partial charge in [-0.05, 0) is 30.7 Å². The maximum absolute atomic E-state index is 12.4. The van der Waals surface area contributed by atoms with Crippen LogP contribution >= 0.6 is 23.4 Å². The molecule has 1 aromatic carbocycles. The molecule has 0 radical (unpaired) electrons. The first kappa shape index (κ1) is 18.6. The number of thioether (sulfide) groups is 1. The summed E-state index contributed by atoms with van der Waals surface area (Å²) < 4.78 is 37.3. The lowest BCUT2D eigenvalue weighted by molar-refractivity contribution is -0.137. The van der Waals surface area contributed by atoms with Crippen molar-refractivity contribution < 1.29 is 18.0 Å². The number of carbonyl (C=O) groups is 1. The van der Waals surface area contributed by atoms with Gasteiger partial charge in [-0.1, -0.05) is 41.6 Å². The molecule has 0 aliphatic rings. The van der Waals surface area contributed by atoms with Crippen LogP contribution in [0.3, 0.4) is 0 Å². The number of aromatic nitrogens is 1. The smallest absolute Gasteiger partial charge is 0.349 e. The minimum absolute atomic E-state index is 0.0488. The van der Waals surface area contributed by atoms with Crippen molar-refractivity contribution in [2.75, 3.05) is 5.75 Å². The van der Waals surface area contributed by atoms with Crippen LogP contribution in [0.15, 0.2) is 47.6 Å². The van der Waals surface area contributed by atoms with Gasteiger partial charge in [0.2, 0.25) is 5.91 Å². The van der Waals surface area contributed by atoms with Crippen LogP contribution in [0.5, 0.6) is 0 Å². The van der Waals surface area contributed by atoms with Crippen LogP contribution in [0.4, 0.5) is 13.2 Å². The Hall–Kier alpha value is -1.73. The Morgan fingerprint density at radius 1 is 1.29 bits per heavy atom. The number of alkyl halides is 3. The van der Waals surface area contributed by atoms with Gasteiger partial charge >= 0.3 is 6.18 Å². The van der Waals surface area contributed by atoms with Crippen LogP contribution in [0.1, 0.15) is 24.1 Å². The van der Waals surface area contributed by atoms with E-state index in [9.17, 15) is 18.0 Å². The standard InChI is InChI=1S/C16H14ClF3N2OS/c1-10(12-4-2-3-5-13(12)17)22-14(23)9-24-15-7-6-11(8-21-15)16(18,19)20/h2-8,10H,9H2,1H3,(H,22,23). The Labute approximate surface area is 146 Å². The van der Waals surface area contributed by atoms with Crippen LogP contribution in [0, 0.1) is 0 Å². The SMILES string of the molecule is CC(NC(=O)CSc1ccc(C(F)(F)F)cn1)c1ccccc1Cl. The molecule has 1 aromatic heterocycles. The highest BCUT2D eigenvalue weighted by atomic mass is 35.5. The zero-order chi connectivity index (χ0) is 17.7. The van der Waals surface area contributed by atoms with Gasteiger partial charge in [-0.25, -0.2) is 4.98 Å². The van der Waals surface area contributed by atoms with Crippen molar-refractivity contribution in [3.05, 3.63) is 58.7 Å². The van der Waals surface area contributed by atoms with E-state index in [4.69, 9.17) is 11.6 Å². The van der Waals surface area contributed by atoms with Crippen LogP contribution < -0.4 is 5.32 Å². The third-order valence-electron chi connectivity index (χ3n) is 3.16. The molecule has 0 fully saturated rings. The lowest BCUT2D eigenvalue weighted by atomic mass is 10.1. The Balaban J connectivity index is 1.88. The van der Waals surface area contributed by atoms with Crippen molar-refractivity contribution in [2.45, 2.75) is 24.2 Å². The van der Waals surface area contributed by atoms with Gasteiger partial charge in [-0.3, -0.25) is 4.79 Å². The molecule has 0 aliphatic heterocycles. The van der Waals surface area contributed by atoms with E-state index >= 15 is 0 Å². The highest BCUT2D eigenvalue weighted by Gasteiger charge is 2.30. The molecule has 0 saturated heterocycles. The number of carbonyl (C=O) groups excluding carboxylic acids is 1. The molecule has 2 aromatic rings. The molecule has 0 bridgehead atoms. The van der Waals surface area contributed by atoms with Crippen molar-refractivity contribution >= 4 is 29.3 Å². The molecule has 3 nitrogen and oxygen atoms in total. The largest absolute Gasteiger partial charge is 0.417 e. The number of halogens is 4. The van der Waals surface area contributed by atoms with Gasteiger partial charge in [0.05, 0.1) is 22.4 Å². The highest BCUT2D eigenvalue weighted by molar-refractivity contribution is 7.99. The van der Waals surface area contributed by atoms with Crippen LogP contribution in [-0.4, -0.2) is 16.6 Å². The number of nitrogens with one attached hydrogen (secondary N) is 1. The molecule has 2 rings (SSSR count). The zero-order valence-corrected chi connectivity index (χ0v) is 14.2. The normalized spacial score (nSPS) is 12.7. The first-order chi connectivity index (χ1) is 11.3. The van der Waals surface area contributed by atoms with Crippen molar-refractivity contribution in [1.82, 2.24) is 10.3 Å². The first-order valence-corrected chi connectivity index (χ1v) is 8.33. The summed E-state index contributed by atoms with van der Waals surface area (Å²) in [5.74, 6) is -0.207. The van der Waals surface area contributed by atoms with Gasteiger partial charge in [0.25, 0.3) is 0 Å². The molecule has 8 heteroatoms. The van der Waals surface area contributed by atoms with Crippen LogP contribution in [0.2, 0.25) is 5.02 Å². The summed E-state index contributed by atoms with van der Waals surface area (Å²) in [6.07, 6.45) is -3.66. The molecule has 1 N–H and O–H groups in total.